The number of benzene rings is 1. The minimum Gasteiger partial charge on any atom is -0.384 e. The average molecular weight is 282 g/mol. The fourth-order valence-corrected chi connectivity index (χ4v) is 2.78. The van der Waals surface area contributed by atoms with Gasteiger partial charge in [-0.3, -0.25) is 0 Å². The van der Waals surface area contributed by atoms with Gasteiger partial charge in [0.15, 0.2) is 0 Å². The number of nitrogens with zero attached hydrogens (tertiary/aromatic N) is 3. The Morgan fingerprint density at radius 2 is 1.48 bits per heavy atom. The minimum absolute atomic E-state index is 0.587. The van der Waals surface area contributed by atoms with Gasteiger partial charge in [0.25, 0.3) is 0 Å². The zero-order valence-electron chi connectivity index (χ0n) is 12.7. The molecule has 1 aromatic heterocycles. The summed E-state index contributed by atoms with van der Waals surface area (Å²) in [5.74, 6) is 0.587. The highest BCUT2D eigenvalue weighted by atomic mass is 15.3. The van der Waals surface area contributed by atoms with Gasteiger partial charge in [-0.2, -0.15) is 0 Å². The van der Waals surface area contributed by atoms with Crippen molar-refractivity contribution in [2.24, 2.45) is 0 Å². The summed E-state index contributed by atoms with van der Waals surface area (Å²) in [6.07, 6.45) is 1.78. The van der Waals surface area contributed by atoms with Crippen LogP contribution in [-0.4, -0.2) is 31.2 Å². The molecular weight excluding hydrogens is 260 g/mol. The molecule has 0 aliphatic carbocycles. The lowest BCUT2D eigenvalue weighted by Crippen LogP contribution is -2.46. The number of nitrogen functional groups attached to an aromatic ring is 1. The Morgan fingerprint density at radius 1 is 0.857 bits per heavy atom. The molecule has 1 aromatic carbocycles. The molecule has 110 valence electrons. The van der Waals surface area contributed by atoms with E-state index in [-0.39, 0.29) is 0 Å². The van der Waals surface area contributed by atoms with Crippen LogP contribution in [0, 0.1) is 13.8 Å². The molecule has 0 bridgehead atoms. The number of anilines is 3. The van der Waals surface area contributed by atoms with Crippen LogP contribution in [0.4, 0.5) is 17.2 Å². The Labute approximate surface area is 126 Å². The third-order valence-electron chi connectivity index (χ3n) is 4.27. The SMILES string of the molecule is Cc1ccc(N2CCN(c3ccnc(N)c3)CC2)cc1C. The monoisotopic (exact) mass is 282 g/mol. The van der Waals surface area contributed by atoms with Crippen molar-refractivity contribution in [3.8, 4) is 0 Å². The lowest BCUT2D eigenvalue weighted by Gasteiger charge is -2.37. The van der Waals surface area contributed by atoms with Crippen molar-refractivity contribution < 1.29 is 0 Å². The van der Waals surface area contributed by atoms with Gasteiger partial charge in [0.2, 0.25) is 0 Å². The molecule has 1 aliphatic rings. The molecule has 4 heteroatoms. The van der Waals surface area contributed by atoms with Gasteiger partial charge in [-0.15, -0.1) is 0 Å². The van der Waals surface area contributed by atoms with E-state index in [1.165, 1.54) is 22.5 Å². The molecular formula is C17H22N4. The van der Waals surface area contributed by atoms with E-state index in [2.05, 4.69) is 46.8 Å². The van der Waals surface area contributed by atoms with Crippen molar-refractivity contribution in [1.82, 2.24) is 4.98 Å². The summed E-state index contributed by atoms with van der Waals surface area (Å²) in [4.78, 5) is 8.88. The summed E-state index contributed by atoms with van der Waals surface area (Å²) < 4.78 is 0. The Kier molecular flexibility index (Phi) is 3.69. The van der Waals surface area contributed by atoms with Gasteiger partial charge in [0.05, 0.1) is 0 Å². The average Bonchev–Trinajstić information content (AvgIpc) is 2.50. The van der Waals surface area contributed by atoms with Crippen LogP contribution in [0.5, 0.6) is 0 Å². The number of pyridine rings is 1. The summed E-state index contributed by atoms with van der Waals surface area (Å²) in [5.41, 5.74) is 11.0. The van der Waals surface area contributed by atoms with Crippen molar-refractivity contribution in [3.05, 3.63) is 47.7 Å². The summed E-state index contributed by atoms with van der Waals surface area (Å²) in [6, 6.07) is 10.7. The smallest absolute Gasteiger partial charge is 0.125 e. The van der Waals surface area contributed by atoms with Crippen molar-refractivity contribution >= 4 is 17.2 Å². The Hall–Kier alpha value is -2.23. The predicted molar refractivity (Wildman–Crippen MR) is 89.0 cm³/mol. The molecule has 1 fully saturated rings. The number of hydrogen-bond donors (Lipinski definition) is 1. The topological polar surface area (TPSA) is 45.4 Å². The summed E-state index contributed by atoms with van der Waals surface area (Å²) >= 11 is 0. The van der Waals surface area contributed by atoms with Crippen molar-refractivity contribution in [2.45, 2.75) is 13.8 Å². The Bertz CT molecular complexity index is 630. The van der Waals surface area contributed by atoms with Crippen LogP contribution in [0.15, 0.2) is 36.5 Å². The number of hydrogen-bond acceptors (Lipinski definition) is 4. The number of aryl methyl sites for hydroxylation is 2. The number of rotatable bonds is 2. The van der Waals surface area contributed by atoms with Crippen LogP contribution in [0.2, 0.25) is 0 Å². The largest absolute Gasteiger partial charge is 0.384 e. The molecule has 2 aromatic rings. The molecule has 1 saturated heterocycles. The van der Waals surface area contributed by atoms with E-state index in [9.17, 15) is 0 Å². The molecule has 4 nitrogen and oxygen atoms in total. The molecule has 0 radical (unpaired) electrons. The van der Waals surface area contributed by atoms with E-state index in [1.54, 1.807) is 6.20 Å². The lowest BCUT2D eigenvalue weighted by molar-refractivity contribution is 0.653. The van der Waals surface area contributed by atoms with Crippen LogP contribution < -0.4 is 15.5 Å². The van der Waals surface area contributed by atoms with Gasteiger partial charge in [-0.05, 0) is 43.2 Å². The highest BCUT2D eigenvalue weighted by molar-refractivity contribution is 5.55. The van der Waals surface area contributed by atoms with Gasteiger partial charge >= 0.3 is 0 Å². The maximum absolute atomic E-state index is 5.77. The Balaban J connectivity index is 1.68. The second kappa shape index (κ2) is 5.64. The minimum atomic E-state index is 0.587. The van der Waals surface area contributed by atoms with Crippen LogP contribution in [0.3, 0.4) is 0 Å². The molecule has 3 rings (SSSR count). The first-order valence-electron chi connectivity index (χ1n) is 7.42. The first kappa shape index (κ1) is 13.7. The second-order valence-electron chi connectivity index (χ2n) is 5.68. The van der Waals surface area contributed by atoms with Crippen LogP contribution >= 0.6 is 0 Å². The van der Waals surface area contributed by atoms with Gasteiger partial charge in [0, 0.05) is 49.8 Å². The van der Waals surface area contributed by atoms with Crippen LogP contribution in [0.25, 0.3) is 0 Å². The van der Waals surface area contributed by atoms with Crippen molar-refractivity contribution in [2.75, 3.05) is 41.7 Å². The highest BCUT2D eigenvalue weighted by Crippen LogP contribution is 2.23. The molecule has 2 N–H and O–H groups in total. The first-order chi connectivity index (χ1) is 10.1. The lowest BCUT2D eigenvalue weighted by atomic mass is 10.1. The highest BCUT2D eigenvalue weighted by Gasteiger charge is 2.18. The number of nitrogens with two attached hydrogens (primary N) is 1. The first-order valence-corrected chi connectivity index (χ1v) is 7.42. The van der Waals surface area contributed by atoms with E-state index >= 15 is 0 Å². The van der Waals surface area contributed by atoms with E-state index in [0.717, 1.165) is 26.2 Å². The maximum Gasteiger partial charge on any atom is 0.125 e. The van der Waals surface area contributed by atoms with Crippen LogP contribution in [-0.2, 0) is 0 Å². The van der Waals surface area contributed by atoms with Gasteiger partial charge < -0.3 is 15.5 Å². The fourth-order valence-electron chi connectivity index (χ4n) is 2.78. The molecule has 0 amide bonds. The fraction of sp³-hybridized carbons (Fsp3) is 0.353. The zero-order chi connectivity index (χ0) is 14.8. The van der Waals surface area contributed by atoms with E-state index in [1.807, 2.05) is 12.1 Å². The zero-order valence-corrected chi connectivity index (χ0v) is 12.7. The standard InChI is InChI=1S/C17H22N4/c1-13-3-4-15(11-14(13)2)20-7-9-21(10-8-20)16-5-6-19-17(18)12-16/h3-6,11-12H,7-10H2,1-2H3,(H2,18,19). The normalized spacial score (nSPS) is 15.3. The summed E-state index contributed by atoms with van der Waals surface area (Å²) in [7, 11) is 0. The molecule has 0 spiro atoms. The van der Waals surface area contributed by atoms with Gasteiger partial charge in [-0.25, -0.2) is 4.98 Å². The summed E-state index contributed by atoms with van der Waals surface area (Å²) in [5, 5.41) is 0. The summed E-state index contributed by atoms with van der Waals surface area (Å²) in [6.45, 7) is 8.42. The van der Waals surface area contributed by atoms with E-state index in [0.29, 0.717) is 5.82 Å². The molecule has 21 heavy (non-hydrogen) atoms. The van der Waals surface area contributed by atoms with E-state index < -0.39 is 0 Å². The number of piperazine rings is 1. The van der Waals surface area contributed by atoms with Gasteiger partial charge in [-0.1, -0.05) is 6.07 Å². The predicted octanol–water partition coefficient (Wildman–Crippen LogP) is 2.61. The third-order valence-corrected chi connectivity index (χ3v) is 4.27. The maximum atomic E-state index is 5.77. The van der Waals surface area contributed by atoms with Crippen molar-refractivity contribution in [1.29, 1.82) is 0 Å². The molecule has 1 aliphatic heterocycles. The number of aromatic nitrogens is 1. The van der Waals surface area contributed by atoms with Crippen LogP contribution in [0.1, 0.15) is 11.1 Å². The van der Waals surface area contributed by atoms with Crippen molar-refractivity contribution in [3.63, 3.8) is 0 Å². The quantitative estimate of drug-likeness (QED) is 0.919. The molecule has 0 unspecified atom stereocenters. The van der Waals surface area contributed by atoms with Gasteiger partial charge in [0.1, 0.15) is 5.82 Å². The Morgan fingerprint density at radius 3 is 2.05 bits per heavy atom. The van der Waals surface area contributed by atoms with E-state index in [4.69, 9.17) is 5.73 Å². The molecule has 0 atom stereocenters. The molecule has 2 heterocycles. The third kappa shape index (κ3) is 2.94. The second-order valence-corrected chi connectivity index (χ2v) is 5.68. The molecule has 0 saturated carbocycles.